The van der Waals surface area contributed by atoms with Crippen LogP contribution in [-0.4, -0.2) is 13.0 Å². The number of hydrogen-bond donors (Lipinski definition) is 1. The van der Waals surface area contributed by atoms with Crippen molar-refractivity contribution in [2.45, 2.75) is 6.92 Å². The number of benzene rings is 1. The fourth-order valence-electron chi connectivity index (χ4n) is 0.642. The standard InChI is InChI=1S/C9H11NO2/c1-7(11)10-8-3-5-9(12-2)6-4-8/h3-6H,1-2H3,(H,10,11)/i3D,4D,5D,6D. The molecule has 1 aromatic rings. The van der Waals surface area contributed by atoms with Crippen LogP contribution in [0.5, 0.6) is 5.75 Å². The van der Waals surface area contributed by atoms with Crippen molar-refractivity contribution in [3.63, 3.8) is 0 Å². The van der Waals surface area contributed by atoms with Gasteiger partial charge >= 0.3 is 0 Å². The lowest BCUT2D eigenvalue weighted by atomic mass is 10.3. The molecule has 3 nitrogen and oxygen atoms in total. The minimum absolute atomic E-state index is 0.135. The number of methoxy groups -OCH3 is 1. The van der Waals surface area contributed by atoms with Crippen molar-refractivity contribution in [2.24, 2.45) is 0 Å². The van der Waals surface area contributed by atoms with Crippen molar-refractivity contribution in [3.8, 4) is 5.75 Å². The van der Waals surface area contributed by atoms with E-state index in [1.165, 1.54) is 14.0 Å². The van der Waals surface area contributed by atoms with E-state index >= 15 is 0 Å². The van der Waals surface area contributed by atoms with Crippen molar-refractivity contribution in [3.05, 3.63) is 24.2 Å². The summed E-state index contributed by atoms with van der Waals surface area (Å²) in [5, 5.41) is 2.26. The smallest absolute Gasteiger partial charge is 0.221 e. The lowest BCUT2D eigenvalue weighted by Gasteiger charge is -2.02. The molecule has 1 rings (SSSR count). The summed E-state index contributed by atoms with van der Waals surface area (Å²) in [5.41, 5.74) is -0.136. The summed E-state index contributed by atoms with van der Waals surface area (Å²) in [5.74, 6) is -0.588. The van der Waals surface area contributed by atoms with E-state index in [1.54, 1.807) is 0 Å². The SMILES string of the molecule is [2H]c1c([2H])c(OC)c([2H])c([2H])c1NC(C)=O. The van der Waals surface area contributed by atoms with Crippen molar-refractivity contribution in [2.75, 3.05) is 12.4 Å². The molecule has 3 heteroatoms. The molecular weight excluding hydrogens is 154 g/mol. The van der Waals surface area contributed by atoms with Gasteiger partial charge in [0.05, 0.1) is 12.6 Å². The number of nitrogens with one attached hydrogen (secondary N) is 1. The molecule has 1 aromatic carbocycles. The van der Waals surface area contributed by atoms with Gasteiger partial charge in [-0.3, -0.25) is 4.79 Å². The predicted octanol–water partition coefficient (Wildman–Crippen LogP) is 1.65. The van der Waals surface area contributed by atoms with Gasteiger partial charge in [-0.15, -0.1) is 0 Å². The van der Waals surface area contributed by atoms with Crippen LogP contribution < -0.4 is 10.1 Å². The molecule has 0 heterocycles. The van der Waals surface area contributed by atoms with E-state index in [1.807, 2.05) is 0 Å². The van der Waals surface area contributed by atoms with Crippen molar-refractivity contribution >= 4 is 11.6 Å². The van der Waals surface area contributed by atoms with Gasteiger partial charge < -0.3 is 10.1 Å². The monoisotopic (exact) mass is 169 g/mol. The predicted molar refractivity (Wildman–Crippen MR) is 47.3 cm³/mol. The van der Waals surface area contributed by atoms with Crippen molar-refractivity contribution in [1.82, 2.24) is 0 Å². The van der Waals surface area contributed by atoms with Crippen LogP contribution in [0.3, 0.4) is 0 Å². The summed E-state index contributed by atoms with van der Waals surface area (Å²) in [6, 6.07) is -1.28. The van der Waals surface area contributed by atoms with Crippen LogP contribution in [0.4, 0.5) is 5.69 Å². The summed E-state index contributed by atoms with van der Waals surface area (Å²) in [4.78, 5) is 10.9. The van der Waals surface area contributed by atoms with Gasteiger partial charge in [0.2, 0.25) is 5.91 Å². The van der Waals surface area contributed by atoms with Gasteiger partial charge in [0, 0.05) is 12.6 Å². The third-order valence-electron chi connectivity index (χ3n) is 1.11. The Hall–Kier alpha value is -1.51. The zero-order chi connectivity index (χ0) is 12.5. The fourth-order valence-corrected chi connectivity index (χ4v) is 0.642. The average Bonchev–Trinajstić information content (AvgIpc) is 2.22. The Labute approximate surface area is 77.0 Å². The summed E-state index contributed by atoms with van der Waals surface area (Å²) in [6.07, 6.45) is 0. The molecule has 0 aliphatic heterocycles. The van der Waals surface area contributed by atoms with Crippen LogP contribution in [0.25, 0.3) is 0 Å². The van der Waals surface area contributed by atoms with E-state index in [9.17, 15) is 4.79 Å². The molecule has 0 unspecified atom stereocenters. The van der Waals surface area contributed by atoms with E-state index in [4.69, 9.17) is 10.2 Å². The maximum absolute atomic E-state index is 10.9. The molecular formula is C9H11NO2. The van der Waals surface area contributed by atoms with E-state index in [2.05, 4.69) is 5.32 Å². The van der Waals surface area contributed by atoms with E-state index in [0.29, 0.717) is 0 Å². The quantitative estimate of drug-likeness (QED) is 0.731. The van der Waals surface area contributed by atoms with Gasteiger partial charge in [-0.2, -0.15) is 0 Å². The van der Waals surface area contributed by atoms with E-state index in [0.717, 1.165) is 0 Å². The highest BCUT2D eigenvalue weighted by molar-refractivity contribution is 5.88. The van der Waals surface area contributed by atoms with Crippen LogP contribution in [0, 0.1) is 0 Å². The molecule has 0 aliphatic carbocycles. The first-order valence-electron chi connectivity index (χ1n) is 5.32. The molecule has 1 amide bonds. The Kier molecular flexibility index (Phi) is 1.41. The Morgan fingerprint density at radius 1 is 1.50 bits per heavy atom. The summed E-state index contributed by atoms with van der Waals surface area (Å²) >= 11 is 0. The van der Waals surface area contributed by atoms with Crippen molar-refractivity contribution < 1.29 is 15.0 Å². The largest absolute Gasteiger partial charge is 0.497 e. The number of hydrogen-bond acceptors (Lipinski definition) is 2. The third-order valence-corrected chi connectivity index (χ3v) is 1.11. The van der Waals surface area contributed by atoms with Gasteiger partial charge in [-0.05, 0) is 24.2 Å². The minimum Gasteiger partial charge on any atom is -0.497 e. The fraction of sp³-hybridized carbons (Fsp3) is 0.222. The Morgan fingerprint density at radius 2 is 2.08 bits per heavy atom. The van der Waals surface area contributed by atoms with Gasteiger partial charge in [0.25, 0.3) is 0 Å². The number of ether oxygens (including phenoxy) is 1. The number of amides is 1. The van der Waals surface area contributed by atoms with Crippen LogP contribution in [-0.2, 0) is 4.79 Å². The third kappa shape index (κ3) is 2.27. The molecule has 0 aromatic heterocycles. The zero-order valence-electron chi connectivity index (χ0n) is 10.8. The number of rotatable bonds is 2. The number of carbonyl (C=O) groups excluding carboxylic acids is 1. The highest BCUT2D eigenvalue weighted by atomic mass is 16.5. The number of carbonyl (C=O) groups is 1. The maximum Gasteiger partial charge on any atom is 0.221 e. The summed E-state index contributed by atoms with van der Waals surface area (Å²) in [7, 11) is 1.27. The maximum atomic E-state index is 10.9. The average molecular weight is 169 g/mol. The van der Waals surface area contributed by atoms with E-state index in [-0.39, 0.29) is 35.6 Å². The lowest BCUT2D eigenvalue weighted by molar-refractivity contribution is -0.114. The molecule has 0 saturated carbocycles. The second-order valence-electron chi connectivity index (χ2n) is 2.09. The molecule has 12 heavy (non-hydrogen) atoms. The van der Waals surface area contributed by atoms with Gasteiger partial charge in [-0.1, -0.05) is 0 Å². The van der Waals surface area contributed by atoms with Crippen LogP contribution in [0.15, 0.2) is 24.2 Å². The lowest BCUT2D eigenvalue weighted by Crippen LogP contribution is -2.05. The highest BCUT2D eigenvalue weighted by Gasteiger charge is 1.94. The van der Waals surface area contributed by atoms with E-state index < -0.39 is 5.91 Å². The Balaban J connectivity index is 3.47. The zero-order valence-corrected chi connectivity index (χ0v) is 6.82. The molecule has 0 atom stereocenters. The van der Waals surface area contributed by atoms with Crippen LogP contribution in [0.2, 0.25) is 0 Å². The van der Waals surface area contributed by atoms with Gasteiger partial charge in [0.1, 0.15) is 5.75 Å². The summed E-state index contributed by atoms with van der Waals surface area (Å²) < 4.78 is 35.0. The summed E-state index contributed by atoms with van der Waals surface area (Å²) in [6.45, 7) is 1.23. The van der Waals surface area contributed by atoms with Crippen LogP contribution in [0.1, 0.15) is 12.4 Å². The molecule has 0 bridgehead atoms. The second kappa shape index (κ2) is 3.76. The Bertz CT molecular complexity index is 419. The topological polar surface area (TPSA) is 38.3 Å². The highest BCUT2D eigenvalue weighted by Crippen LogP contribution is 2.14. The molecule has 0 saturated heterocycles. The first-order valence-corrected chi connectivity index (χ1v) is 3.32. The molecule has 0 fully saturated rings. The molecule has 1 N–H and O–H groups in total. The molecule has 0 radical (unpaired) electrons. The molecule has 0 spiro atoms. The molecule has 64 valence electrons. The van der Waals surface area contributed by atoms with Gasteiger partial charge in [-0.25, -0.2) is 0 Å². The molecule has 0 aliphatic rings. The second-order valence-corrected chi connectivity index (χ2v) is 2.09. The minimum atomic E-state index is -0.453. The number of anilines is 1. The van der Waals surface area contributed by atoms with Crippen LogP contribution >= 0.6 is 0 Å². The Morgan fingerprint density at radius 3 is 2.50 bits per heavy atom. The van der Waals surface area contributed by atoms with Gasteiger partial charge in [0.15, 0.2) is 0 Å². The normalized spacial score (nSPS) is 13.8. The first-order chi connectivity index (χ1) is 7.40. The first kappa shape index (κ1) is 4.50. The van der Waals surface area contributed by atoms with Crippen molar-refractivity contribution in [1.29, 1.82) is 0 Å².